The van der Waals surface area contributed by atoms with Crippen LogP contribution in [0.1, 0.15) is 19.8 Å². The monoisotopic (exact) mass is 255 g/mol. The zero-order chi connectivity index (χ0) is 13.2. The first kappa shape index (κ1) is 14.7. The summed E-state index contributed by atoms with van der Waals surface area (Å²) in [7, 11) is 0. The summed E-state index contributed by atoms with van der Waals surface area (Å²) in [6, 6.07) is 1.35. The first-order chi connectivity index (χ1) is 8.74. The molecule has 0 aliphatic heterocycles. The summed E-state index contributed by atoms with van der Waals surface area (Å²) in [4.78, 5) is 24.4. The molecule has 0 amide bonds. The van der Waals surface area contributed by atoms with E-state index in [1.165, 1.54) is 16.8 Å². The molecule has 0 fully saturated rings. The highest BCUT2D eigenvalue weighted by Gasteiger charge is 1.95. The van der Waals surface area contributed by atoms with Crippen molar-refractivity contribution < 1.29 is 4.74 Å². The van der Waals surface area contributed by atoms with E-state index >= 15 is 0 Å². The van der Waals surface area contributed by atoms with Crippen LogP contribution in [0.2, 0.25) is 0 Å². The second-order valence-corrected chi connectivity index (χ2v) is 3.96. The summed E-state index contributed by atoms with van der Waals surface area (Å²) in [6.45, 7) is 5.73. The highest BCUT2D eigenvalue weighted by molar-refractivity contribution is 4.82. The lowest BCUT2D eigenvalue weighted by Crippen LogP contribution is -2.32. The Kier molecular flexibility index (Phi) is 7.05. The van der Waals surface area contributed by atoms with Crippen LogP contribution < -0.4 is 16.6 Å². The lowest BCUT2D eigenvalue weighted by molar-refractivity contribution is 0.143. The first-order valence-corrected chi connectivity index (χ1v) is 6.32. The van der Waals surface area contributed by atoms with Gasteiger partial charge in [-0.05, 0) is 26.3 Å². The molecule has 0 saturated carbocycles. The van der Waals surface area contributed by atoms with Gasteiger partial charge in [0.2, 0.25) is 0 Å². The van der Waals surface area contributed by atoms with Gasteiger partial charge >= 0.3 is 5.69 Å². The molecule has 0 spiro atoms. The molecular formula is C12H21N3O3. The molecule has 0 atom stereocenters. The summed E-state index contributed by atoms with van der Waals surface area (Å²) in [5.74, 6) is 0. The average Bonchev–Trinajstić information content (AvgIpc) is 2.35. The SMILES string of the molecule is CCOCCCCNCCn1ccc(=O)[nH]c1=O. The highest BCUT2D eigenvalue weighted by Crippen LogP contribution is 1.88. The lowest BCUT2D eigenvalue weighted by Gasteiger charge is -2.06. The molecule has 1 aromatic heterocycles. The Balaban J connectivity index is 2.11. The van der Waals surface area contributed by atoms with Gasteiger partial charge in [-0.2, -0.15) is 0 Å². The molecule has 6 heteroatoms. The third-order valence-corrected chi connectivity index (χ3v) is 2.52. The van der Waals surface area contributed by atoms with Crippen molar-refractivity contribution in [3.05, 3.63) is 33.1 Å². The Morgan fingerprint density at radius 1 is 1.33 bits per heavy atom. The van der Waals surface area contributed by atoms with Crippen molar-refractivity contribution in [3.8, 4) is 0 Å². The van der Waals surface area contributed by atoms with Gasteiger partial charge < -0.3 is 10.1 Å². The second kappa shape index (κ2) is 8.66. The maximum Gasteiger partial charge on any atom is 0.328 e. The fourth-order valence-electron chi connectivity index (χ4n) is 1.54. The molecule has 102 valence electrons. The van der Waals surface area contributed by atoms with Gasteiger partial charge in [0.1, 0.15) is 0 Å². The molecule has 18 heavy (non-hydrogen) atoms. The molecule has 0 bridgehead atoms. The van der Waals surface area contributed by atoms with E-state index in [1.54, 1.807) is 0 Å². The normalized spacial score (nSPS) is 10.7. The van der Waals surface area contributed by atoms with E-state index in [0.717, 1.165) is 32.6 Å². The van der Waals surface area contributed by atoms with Crippen LogP contribution in [0.3, 0.4) is 0 Å². The van der Waals surface area contributed by atoms with E-state index in [2.05, 4.69) is 10.3 Å². The lowest BCUT2D eigenvalue weighted by atomic mass is 10.3. The zero-order valence-electron chi connectivity index (χ0n) is 10.8. The minimum absolute atomic E-state index is 0.361. The quantitative estimate of drug-likeness (QED) is 0.606. The van der Waals surface area contributed by atoms with Gasteiger partial charge in [0, 0.05) is 38.6 Å². The molecule has 0 aliphatic rings. The molecule has 0 unspecified atom stereocenters. The van der Waals surface area contributed by atoms with Gasteiger partial charge in [-0.3, -0.25) is 14.3 Å². The minimum atomic E-state index is -0.361. The molecule has 1 rings (SSSR count). The van der Waals surface area contributed by atoms with E-state index < -0.39 is 0 Å². The summed E-state index contributed by atoms with van der Waals surface area (Å²) >= 11 is 0. The largest absolute Gasteiger partial charge is 0.382 e. The smallest absolute Gasteiger partial charge is 0.328 e. The van der Waals surface area contributed by atoms with Gasteiger partial charge in [-0.15, -0.1) is 0 Å². The molecule has 2 N–H and O–H groups in total. The Morgan fingerprint density at radius 3 is 2.89 bits per heavy atom. The van der Waals surface area contributed by atoms with Crippen LogP contribution in [-0.4, -0.2) is 35.9 Å². The van der Waals surface area contributed by atoms with Crippen molar-refractivity contribution in [2.24, 2.45) is 0 Å². The van der Waals surface area contributed by atoms with E-state index in [4.69, 9.17) is 4.74 Å². The van der Waals surface area contributed by atoms with Gasteiger partial charge in [0.05, 0.1) is 0 Å². The Labute approximate surface area is 106 Å². The number of H-pyrrole nitrogens is 1. The van der Waals surface area contributed by atoms with Crippen LogP contribution in [-0.2, 0) is 11.3 Å². The number of hydrogen-bond acceptors (Lipinski definition) is 4. The van der Waals surface area contributed by atoms with E-state index in [-0.39, 0.29) is 11.2 Å². The molecule has 0 radical (unpaired) electrons. The number of ether oxygens (including phenoxy) is 1. The predicted molar refractivity (Wildman–Crippen MR) is 69.9 cm³/mol. The van der Waals surface area contributed by atoms with Crippen molar-refractivity contribution in [1.82, 2.24) is 14.9 Å². The van der Waals surface area contributed by atoms with Crippen LogP contribution in [0.4, 0.5) is 0 Å². The second-order valence-electron chi connectivity index (χ2n) is 3.96. The minimum Gasteiger partial charge on any atom is -0.382 e. The average molecular weight is 255 g/mol. The van der Waals surface area contributed by atoms with Crippen molar-refractivity contribution in [3.63, 3.8) is 0 Å². The third-order valence-electron chi connectivity index (χ3n) is 2.52. The van der Waals surface area contributed by atoms with Gasteiger partial charge in [0.15, 0.2) is 0 Å². The van der Waals surface area contributed by atoms with E-state index in [1.807, 2.05) is 6.92 Å². The summed E-state index contributed by atoms with van der Waals surface area (Å²) in [6.07, 6.45) is 3.61. The fraction of sp³-hybridized carbons (Fsp3) is 0.667. The number of rotatable bonds is 9. The van der Waals surface area contributed by atoms with Crippen LogP contribution in [0.5, 0.6) is 0 Å². The molecule has 0 aliphatic carbocycles. The number of nitrogens with zero attached hydrogens (tertiary/aromatic N) is 1. The summed E-state index contributed by atoms with van der Waals surface area (Å²) in [5, 5.41) is 3.25. The van der Waals surface area contributed by atoms with Crippen molar-refractivity contribution >= 4 is 0 Å². The Hall–Kier alpha value is -1.40. The molecular weight excluding hydrogens is 234 g/mol. The standard InChI is InChI=1S/C12H21N3O3/c1-2-18-10-4-3-6-13-7-9-15-8-5-11(16)14-12(15)17/h5,8,13H,2-4,6-7,9-10H2,1H3,(H,14,16,17). The Bertz CT molecular complexity index is 439. The summed E-state index contributed by atoms with van der Waals surface area (Å²) < 4.78 is 6.71. The van der Waals surface area contributed by atoms with Crippen LogP contribution in [0.15, 0.2) is 21.9 Å². The summed E-state index contributed by atoms with van der Waals surface area (Å²) in [5.41, 5.74) is -0.722. The third kappa shape index (κ3) is 5.79. The maximum absolute atomic E-state index is 11.3. The highest BCUT2D eigenvalue weighted by atomic mass is 16.5. The van der Waals surface area contributed by atoms with Gasteiger partial charge in [-0.1, -0.05) is 0 Å². The van der Waals surface area contributed by atoms with Crippen molar-refractivity contribution in [1.29, 1.82) is 0 Å². The van der Waals surface area contributed by atoms with Gasteiger partial charge in [-0.25, -0.2) is 4.79 Å². The van der Waals surface area contributed by atoms with Crippen LogP contribution in [0.25, 0.3) is 0 Å². The topological polar surface area (TPSA) is 76.1 Å². The number of hydrogen-bond donors (Lipinski definition) is 2. The van der Waals surface area contributed by atoms with E-state index in [9.17, 15) is 9.59 Å². The first-order valence-electron chi connectivity index (χ1n) is 6.32. The van der Waals surface area contributed by atoms with Crippen molar-refractivity contribution in [2.75, 3.05) is 26.3 Å². The maximum atomic E-state index is 11.3. The van der Waals surface area contributed by atoms with Crippen molar-refractivity contribution in [2.45, 2.75) is 26.3 Å². The van der Waals surface area contributed by atoms with Gasteiger partial charge in [0.25, 0.3) is 5.56 Å². The van der Waals surface area contributed by atoms with E-state index in [0.29, 0.717) is 13.1 Å². The number of unbranched alkanes of at least 4 members (excludes halogenated alkanes) is 1. The number of nitrogens with one attached hydrogen (secondary N) is 2. The zero-order valence-corrected chi connectivity index (χ0v) is 10.8. The molecule has 1 heterocycles. The van der Waals surface area contributed by atoms with Crippen LogP contribution in [0, 0.1) is 0 Å². The molecule has 6 nitrogen and oxygen atoms in total. The Morgan fingerprint density at radius 2 is 2.17 bits per heavy atom. The molecule has 0 saturated heterocycles. The molecule has 0 aromatic carbocycles. The number of aromatic nitrogens is 2. The predicted octanol–water partition coefficient (Wildman–Crippen LogP) is -0.0571. The number of aromatic amines is 1. The fourth-order valence-corrected chi connectivity index (χ4v) is 1.54. The molecule has 1 aromatic rings. The van der Waals surface area contributed by atoms with Crippen LogP contribution >= 0.6 is 0 Å².